The number of nitrogens with zero attached hydrogens (tertiary/aromatic N) is 2. The monoisotopic (exact) mass is 202 g/mol. The van der Waals surface area contributed by atoms with Crippen molar-refractivity contribution in [3.8, 4) is 0 Å². The second-order valence-electron chi connectivity index (χ2n) is 2.15. The van der Waals surface area contributed by atoms with Crippen LogP contribution in [-0.4, -0.2) is 22.3 Å². The number of hydrogen-bond donors (Lipinski definition) is 0. The molecule has 0 atom stereocenters. The largest absolute Gasteiger partial charge is 0.287 e. The molecule has 13 heavy (non-hydrogen) atoms. The Morgan fingerprint density at radius 1 is 1.62 bits per heavy atom. The van der Waals surface area contributed by atoms with E-state index in [0.717, 1.165) is 0 Å². The van der Waals surface area contributed by atoms with Gasteiger partial charge in [-0.05, 0) is 6.07 Å². The predicted octanol–water partition coefficient (Wildman–Crippen LogP) is 2.05. The smallest absolute Gasteiger partial charge is 0.258 e. The standard InChI is InChI=1S/C7H7FN2O2S/c8-3-4-13-7-2-1-6(5-9-7)10(11)12/h1-2,5H,3-4H2. The van der Waals surface area contributed by atoms with Crippen LogP contribution in [0.3, 0.4) is 0 Å². The molecule has 1 heterocycles. The molecule has 0 amide bonds. The molecule has 0 aliphatic rings. The highest BCUT2D eigenvalue weighted by Gasteiger charge is 2.04. The number of halogens is 1. The lowest BCUT2D eigenvalue weighted by Crippen LogP contribution is -1.90. The molecular formula is C7H7FN2O2S. The van der Waals surface area contributed by atoms with Crippen LogP contribution >= 0.6 is 11.8 Å². The summed E-state index contributed by atoms with van der Waals surface area (Å²) in [4.78, 5) is 13.5. The van der Waals surface area contributed by atoms with E-state index in [4.69, 9.17) is 0 Å². The van der Waals surface area contributed by atoms with Crippen LogP contribution in [0.5, 0.6) is 0 Å². The van der Waals surface area contributed by atoms with Crippen molar-refractivity contribution in [1.82, 2.24) is 4.98 Å². The third kappa shape index (κ3) is 2.98. The molecule has 1 aromatic heterocycles. The van der Waals surface area contributed by atoms with Crippen LogP contribution in [0.2, 0.25) is 0 Å². The van der Waals surface area contributed by atoms with Gasteiger partial charge in [-0.1, -0.05) is 0 Å². The van der Waals surface area contributed by atoms with E-state index < -0.39 is 11.6 Å². The zero-order valence-electron chi connectivity index (χ0n) is 6.64. The number of pyridine rings is 1. The quantitative estimate of drug-likeness (QED) is 0.426. The Morgan fingerprint density at radius 3 is 2.85 bits per heavy atom. The van der Waals surface area contributed by atoms with Crippen molar-refractivity contribution in [2.75, 3.05) is 12.4 Å². The summed E-state index contributed by atoms with van der Waals surface area (Å²) in [6.07, 6.45) is 1.17. The van der Waals surface area contributed by atoms with Crippen LogP contribution in [0, 0.1) is 10.1 Å². The van der Waals surface area contributed by atoms with Crippen LogP contribution in [0.25, 0.3) is 0 Å². The first-order valence-electron chi connectivity index (χ1n) is 3.53. The van der Waals surface area contributed by atoms with E-state index in [1.807, 2.05) is 0 Å². The molecule has 0 saturated carbocycles. The summed E-state index contributed by atoms with van der Waals surface area (Å²) in [5, 5.41) is 10.8. The number of aromatic nitrogens is 1. The molecule has 0 unspecified atom stereocenters. The number of nitro groups is 1. The Balaban J connectivity index is 2.64. The highest BCUT2D eigenvalue weighted by molar-refractivity contribution is 7.99. The van der Waals surface area contributed by atoms with Gasteiger partial charge >= 0.3 is 0 Å². The molecule has 0 aromatic carbocycles. The summed E-state index contributed by atoms with van der Waals surface area (Å²) < 4.78 is 11.7. The van der Waals surface area contributed by atoms with E-state index in [1.54, 1.807) is 0 Å². The van der Waals surface area contributed by atoms with Gasteiger partial charge in [-0.15, -0.1) is 11.8 Å². The normalized spacial score (nSPS) is 9.92. The molecule has 1 aromatic rings. The first-order valence-corrected chi connectivity index (χ1v) is 4.52. The second-order valence-corrected chi connectivity index (χ2v) is 3.26. The third-order valence-corrected chi connectivity index (χ3v) is 2.15. The van der Waals surface area contributed by atoms with E-state index >= 15 is 0 Å². The molecule has 4 nitrogen and oxygen atoms in total. The van der Waals surface area contributed by atoms with E-state index in [0.29, 0.717) is 10.8 Å². The molecule has 0 aliphatic heterocycles. The first kappa shape index (κ1) is 9.91. The SMILES string of the molecule is O=[N+]([O-])c1ccc(SCCF)nc1. The van der Waals surface area contributed by atoms with Gasteiger partial charge in [0.1, 0.15) is 6.20 Å². The van der Waals surface area contributed by atoms with Gasteiger partial charge in [0.05, 0.1) is 16.6 Å². The van der Waals surface area contributed by atoms with E-state index in [1.165, 1.54) is 30.1 Å². The summed E-state index contributed by atoms with van der Waals surface area (Å²) in [5.74, 6) is 0.324. The highest BCUT2D eigenvalue weighted by atomic mass is 32.2. The average Bonchev–Trinajstić information content (AvgIpc) is 2.15. The minimum Gasteiger partial charge on any atom is -0.258 e. The Kier molecular flexibility index (Phi) is 3.63. The molecule has 0 saturated heterocycles. The van der Waals surface area contributed by atoms with Gasteiger partial charge in [-0.3, -0.25) is 14.5 Å². The van der Waals surface area contributed by atoms with Gasteiger partial charge in [0.15, 0.2) is 0 Å². The van der Waals surface area contributed by atoms with Gasteiger partial charge in [0.2, 0.25) is 0 Å². The number of rotatable bonds is 4. The van der Waals surface area contributed by atoms with E-state index in [-0.39, 0.29) is 5.69 Å². The Morgan fingerprint density at radius 2 is 2.38 bits per heavy atom. The van der Waals surface area contributed by atoms with Crippen LogP contribution in [-0.2, 0) is 0 Å². The van der Waals surface area contributed by atoms with Crippen molar-refractivity contribution < 1.29 is 9.31 Å². The summed E-state index contributed by atoms with van der Waals surface area (Å²) in [6.45, 7) is -0.427. The molecule has 1 rings (SSSR count). The van der Waals surface area contributed by atoms with Crippen LogP contribution < -0.4 is 0 Å². The summed E-state index contributed by atoms with van der Waals surface area (Å²) in [7, 11) is 0. The molecule has 70 valence electrons. The van der Waals surface area contributed by atoms with Crippen molar-refractivity contribution in [3.63, 3.8) is 0 Å². The summed E-state index contributed by atoms with van der Waals surface area (Å²) in [6, 6.07) is 2.87. The van der Waals surface area contributed by atoms with E-state index in [9.17, 15) is 14.5 Å². The van der Waals surface area contributed by atoms with Crippen molar-refractivity contribution in [2.45, 2.75) is 5.03 Å². The Bertz CT molecular complexity index is 291. The molecule has 0 aliphatic carbocycles. The van der Waals surface area contributed by atoms with Gasteiger partial charge < -0.3 is 0 Å². The number of thioether (sulfide) groups is 1. The number of alkyl halides is 1. The van der Waals surface area contributed by atoms with E-state index in [2.05, 4.69) is 4.98 Å². The number of hydrogen-bond acceptors (Lipinski definition) is 4. The molecule has 0 spiro atoms. The molecule has 0 radical (unpaired) electrons. The maximum atomic E-state index is 11.7. The van der Waals surface area contributed by atoms with Crippen molar-refractivity contribution in [2.24, 2.45) is 0 Å². The summed E-state index contributed by atoms with van der Waals surface area (Å²) >= 11 is 1.23. The second kappa shape index (κ2) is 4.76. The predicted molar refractivity (Wildman–Crippen MR) is 47.6 cm³/mol. The fourth-order valence-electron chi connectivity index (χ4n) is 0.709. The maximum absolute atomic E-state index is 11.7. The van der Waals surface area contributed by atoms with Crippen LogP contribution in [0.1, 0.15) is 0 Å². The maximum Gasteiger partial charge on any atom is 0.287 e. The lowest BCUT2D eigenvalue weighted by Gasteiger charge is -1.96. The van der Waals surface area contributed by atoms with Crippen LogP contribution in [0.4, 0.5) is 10.1 Å². The minimum atomic E-state index is -0.517. The Hall–Kier alpha value is -1.17. The molecule has 0 fully saturated rings. The van der Waals surface area contributed by atoms with Crippen molar-refractivity contribution >= 4 is 17.4 Å². The fourth-order valence-corrected chi connectivity index (χ4v) is 1.29. The fraction of sp³-hybridized carbons (Fsp3) is 0.286. The first-order chi connectivity index (χ1) is 6.24. The van der Waals surface area contributed by atoms with Gasteiger partial charge in [-0.25, -0.2) is 4.98 Å². The molecule has 6 heteroatoms. The van der Waals surface area contributed by atoms with Gasteiger partial charge in [0.25, 0.3) is 5.69 Å². The zero-order chi connectivity index (χ0) is 9.68. The molecular weight excluding hydrogens is 195 g/mol. The molecule has 0 bridgehead atoms. The highest BCUT2D eigenvalue weighted by Crippen LogP contribution is 2.17. The van der Waals surface area contributed by atoms with Crippen molar-refractivity contribution in [1.29, 1.82) is 0 Å². The summed E-state index contributed by atoms with van der Waals surface area (Å²) in [5.41, 5.74) is -0.0513. The molecule has 0 N–H and O–H groups in total. The lowest BCUT2D eigenvalue weighted by atomic mass is 10.4. The average molecular weight is 202 g/mol. The van der Waals surface area contributed by atoms with Gasteiger partial charge in [0, 0.05) is 11.8 Å². The van der Waals surface area contributed by atoms with Crippen LogP contribution in [0.15, 0.2) is 23.4 Å². The third-order valence-electron chi connectivity index (χ3n) is 1.26. The Labute approximate surface area is 78.3 Å². The topological polar surface area (TPSA) is 56.0 Å². The minimum absolute atomic E-state index is 0.0513. The van der Waals surface area contributed by atoms with Gasteiger partial charge in [-0.2, -0.15) is 0 Å². The lowest BCUT2D eigenvalue weighted by molar-refractivity contribution is -0.385. The zero-order valence-corrected chi connectivity index (χ0v) is 7.46. The van der Waals surface area contributed by atoms with Crippen molar-refractivity contribution in [3.05, 3.63) is 28.4 Å².